The highest BCUT2D eigenvalue weighted by atomic mass is 32.2. The predicted octanol–water partition coefficient (Wildman–Crippen LogP) is 1.22. The number of hydrogen-bond acceptors (Lipinski definition) is 4. The summed E-state index contributed by atoms with van der Waals surface area (Å²) in [6, 6.07) is 7.41. The van der Waals surface area contributed by atoms with Crippen molar-refractivity contribution < 1.29 is 13.2 Å². The number of hydrogen-bond donors (Lipinski definition) is 3. The highest BCUT2D eigenvalue weighted by Crippen LogP contribution is 2.28. The average Bonchev–Trinajstić information content (AvgIpc) is 3.11. The Labute approximate surface area is 155 Å². The van der Waals surface area contributed by atoms with Crippen LogP contribution >= 0.6 is 0 Å². The Hall–Kier alpha value is -1.64. The van der Waals surface area contributed by atoms with Gasteiger partial charge in [-0.15, -0.1) is 0 Å². The predicted molar refractivity (Wildman–Crippen MR) is 102 cm³/mol. The van der Waals surface area contributed by atoms with Crippen molar-refractivity contribution in [3.63, 3.8) is 0 Å². The maximum absolute atomic E-state index is 12.4. The van der Waals surface area contributed by atoms with Crippen molar-refractivity contribution in [1.29, 1.82) is 0 Å². The fraction of sp³-hybridized carbons (Fsp3) is 0.611. The summed E-state index contributed by atoms with van der Waals surface area (Å²) in [6.07, 6.45) is 3.06. The molecule has 1 heterocycles. The van der Waals surface area contributed by atoms with E-state index in [1.807, 2.05) is 12.1 Å². The van der Waals surface area contributed by atoms with Gasteiger partial charge >= 0.3 is 0 Å². The van der Waals surface area contributed by atoms with Crippen LogP contribution in [0.15, 0.2) is 34.2 Å². The minimum atomic E-state index is -3.50. The topological polar surface area (TPSA) is 91.8 Å². The van der Waals surface area contributed by atoms with Crippen molar-refractivity contribution in [2.45, 2.75) is 49.8 Å². The molecule has 0 amide bonds. The number of rotatable bonds is 7. The first-order valence-electron chi connectivity index (χ1n) is 9.15. The Morgan fingerprint density at radius 2 is 2.04 bits per heavy atom. The summed E-state index contributed by atoms with van der Waals surface area (Å²) in [4.78, 5) is 4.49. The van der Waals surface area contributed by atoms with E-state index in [0.29, 0.717) is 31.7 Å². The minimum absolute atomic E-state index is 0.0123. The molecule has 3 rings (SSSR count). The van der Waals surface area contributed by atoms with Gasteiger partial charge in [0.25, 0.3) is 0 Å². The quantitative estimate of drug-likeness (QED) is 0.489. The van der Waals surface area contributed by atoms with Crippen LogP contribution in [0.4, 0.5) is 0 Å². The molecule has 3 atom stereocenters. The number of nitrogens with one attached hydrogen (secondary N) is 3. The molecule has 1 saturated carbocycles. The molecule has 0 aromatic heterocycles. The van der Waals surface area contributed by atoms with Gasteiger partial charge in [0, 0.05) is 32.8 Å². The number of aliphatic imine (C=N–C) groups is 1. The van der Waals surface area contributed by atoms with Crippen LogP contribution in [0.25, 0.3) is 0 Å². The van der Waals surface area contributed by atoms with Gasteiger partial charge < -0.3 is 15.4 Å². The molecule has 0 radical (unpaired) electrons. The standard InChI is InChI=1S/C18H28N4O3S/c1-13-10-17(13)22-18(19-2)20-11-14-5-7-16(8-6-14)26(23,24)21-12-15-4-3-9-25-15/h5-8,13,15,17,21H,3-4,9-12H2,1-2H3,(H2,19,20,22). The Bertz CT molecular complexity index is 727. The third-order valence-corrected chi connectivity index (χ3v) is 6.31. The molecule has 8 heteroatoms. The molecule has 3 unspecified atom stereocenters. The van der Waals surface area contributed by atoms with Gasteiger partial charge in [-0.1, -0.05) is 19.1 Å². The lowest BCUT2D eigenvalue weighted by atomic mass is 10.2. The van der Waals surface area contributed by atoms with Crippen LogP contribution in [-0.2, 0) is 21.3 Å². The molecule has 0 spiro atoms. The molecule has 1 aromatic carbocycles. The van der Waals surface area contributed by atoms with Gasteiger partial charge in [-0.25, -0.2) is 13.1 Å². The summed E-state index contributed by atoms with van der Waals surface area (Å²) in [5, 5.41) is 6.62. The van der Waals surface area contributed by atoms with Crippen molar-refractivity contribution in [1.82, 2.24) is 15.4 Å². The first-order chi connectivity index (χ1) is 12.5. The summed E-state index contributed by atoms with van der Waals surface area (Å²) in [7, 11) is -1.75. The van der Waals surface area contributed by atoms with Crippen LogP contribution in [-0.4, -0.2) is 46.7 Å². The summed E-state index contributed by atoms with van der Waals surface area (Å²) in [5.41, 5.74) is 0.995. The van der Waals surface area contributed by atoms with Crippen LogP contribution in [0.3, 0.4) is 0 Å². The van der Waals surface area contributed by atoms with Crippen molar-refractivity contribution >= 4 is 16.0 Å². The second kappa shape index (κ2) is 8.37. The fourth-order valence-corrected chi connectivity index (χ4v) is 4.02. The Balaban J connectivity index is 1.50. The molecule has 1 aliphatic carbocycles. The molecule has 1 aromatic rings. The molecule has 1 saturated heterocycles. The molecular formula is C18H28N4O3S. The summed E-state index contributed by atoms with van der Waals surface area (Å²) >= 11 is 0. The van der Waals surface area contributed by atoms with Gasteiger partial charge in [0.15, 0.2) is 5.96 Å². The fourth-order valence-electron chi connectivity index (χ4n) is 2.96. The largest absolute Gasteiger partial charge is 0.377 e. The third kappa shape index (κ3) is 5.18. The van der Waals surface area contributed by atoms with Gasteiger partial charge in [0.2, 0.25) is 10.0 Å². The number of nitrogens with zero attached hydrogens (tertiary/aromatic N) is 1. The van der Waals surface area contributed by atoms with Crippen LogP contribution in [0, 0.1) is 5.92 Å². The van der Waals surface area contributed by atoms with E-state index in [0.717, 1.165) is 24.4 Å². The molecular weight excluding hydrogens is 352 g/mol. The SMILES string of the molecule is CN=C(NCc1ccc(S(=O)(=O)NCC2CCCO2)cc1)NC1CC1C. The molecule has 0 bridgehead atoms. The molecule has 7 nitrogen and oxygen atoms in total. The zero-order valence-electron chi connectivity index (χ0n) is 15.4. The van der Waals surface area contributed by atoms with E-state index in [1.165, 1.54) is 6.42 Å². The van der Waals surface area contributed by atoms with E-state index in [4.69, 9.17) is 4.74 Å². The van der Waals surface area contributed by atoms with Gasteiger partial charge in [-0.3, -0.25) is 4.99 Å². The van der Waals surface area contributed by atoms with E-state index >= 15 is 0 Å². The smallest absolute Gasteiger partial charge is 0.240 e. The molecule has 3 N–H and O–H groups in total. The number of ether oxygens (including phenoxy) is 1. The average molecular weight is 381 g/mol. The first kappa shape index (κ1) is 19.1. The maximum atomic E-state index is 12.4. The molecule has 26 heavy (non-hydrogen) atoms. The number of sulfonamides is 1. The number of guanidine groups is 1. The highest BCUT2D eigenvalue weighted by Gasteiger charge is 2.33. The highest BCUT2D eigenvalue weighted by molar-refractivity contribution is 7.89. The Morgan fingerprint density at radius 1 is 1.31 bits per heavy atom. The molecule has 2 fully saturated rings. The maximum Gasteiger partial charge on any atom is 0.240 e. The first-order valence-corrected chi connectivity index (χ1v) is 10.6. The van der Waals surface area contributed by atoms with Crippen molar-refractivity contribution in [3.8, 4) is 0 Å². The van der Waals surface area contributed by atoms with Crippen molar-refractivity contribution in [2.24, 2.45) is 10.9 Å². The monoisotopic (exact) mass is 380 g/mol. The third-order valence-electron chi connectivity index (χ3n) is 4.87. The van der Waals surface area contributed by atoms with Crippen molar-refractivity contribution in [2.75, 3.05) is 20.2 Å². The van der Waals surface area contributed by atoms with E-state index in [9.17, 15) is 8.42 Å². The number of benzene rings is 1. The van der Waals surface area contributed by atoms with E-state index < -0.39 is 10.0 Å². The van der Waals surface area contributed by atoms with E-state index in [-0.39, 0.29) is 11.0 Å². The van der Waals surface area contributed by atoms with Gasteiger partial charge in [0.1, 0.15) is 0 Å². The lowest BCUT2D eigenvalue weighted by Gasteiger charge is -2.13. The van der Waals surface area contributed by atoms with Crippen LogP contribution in [0.1, 0.15) is 31.7 Å². The zero-order valence-corrected chi connectivity index (χ0v) is 16.2. The van der Waals surface area contributed by atoms with E-state index in [2.05, 4.69) is 27.3 Å². The Kier molecular flexibility index (Phi) is 6.16. The van der Waals surface area contributed by atoms with Crippen LogP contribution < -0.4 is 15.4 Å². The second-order valence-corrected chi connectivity index (χ2v) is 8.79. The van der Waals surface area contributed by atoms with Gasteiger partial charge in [-0.2, -0.15) is 0 Å². The second-order valence-electron chi connectivity index (χ2n) is 7.02. The van der Waals surface area contributed by atoms with Gasteiger partial charge in [0.05, 0.1) is 11.0 Å². The normalized spacial score (nSPS) is 25.9. The summed E-state index contributed by atoms with van der Waals surface area (Å²) in [5.74, 6) is 1.47. The summed E-state index contributed by atoms with van der Waals surface area (Å²) < 4.78 is 32.8. The summed E-state index contributed by atoms with van der Waals surface area (Å²) in [6.45, 7) is 3.83. The van der Waals surface area contributed by atoms with Crippen LogP contribution in [0.2, 0.25) is 0 Å². The van der Waals surface area contributed by atoms with E-state index in [1.54, 1.807) is 19.2 Å². The lowest BCUT2D eigenvalue weighted by Crippen LogP contribution is -2.38. The van der Waals surface area contributed by atoms with Gasteiger partial charge in [-0.05, 0) is 42.9 Å². The molecule has 1 aliphatic heterocycles. The van der Waals surface area contributed by atoms with Crippen molar-refractivity contribution in [3.05, 3.63) is 29.8 Å². The van der Waals surface area contributed by atoms with Crippen LogP contribution in [0.5, 0.6) is 0 Å². The molecule has 144 valence electrons. The zero-order chi connectivity index (χ0) is 18.6. The lowest BCUT2D eigenvalue weighted by molar-refractivity contribution is 0.114. The minimum Gasteiger partial charge on any atom is -0.377 e. The molecule has 2 aliphatic rings. The Morgan fingerprint density at radius 3 is 2.62 bits per heavy atom.